The molecule has 1 unspecified atom stereocenters. The molecular weight excluding hydrogens is 339 g/mol. The van der Waals surface area contributed by atoms with E-state index in [0.29, 0.717) is 6.42 Å². The fraction of sp³-hybridized carbons (Fsp3) is 0.591. The average Bonchev–Trinajstić information content (AvgIpc) is 3.34. The van der Waals surface area contributed by atoms with Crippen molar-refractivity contribution in [1.29, 1.82) is 0 Å². The summed E-state index contributed by atoms with van der Waals surface area (Å²) in [6, 6.07) is 10.5. The molecule has 1 aliphatic heterocycles. The van der Waals surface area contributed by atoms with Gasteiger partial charge in [0.1, 0.15) is 0 Å². The number of hydrogen-bond donors (Lipinski definition) is 0. The highest BCUT2D eigenvalue weighted by Gasteiger charge is 2.58. The van der Waals surface area contributed by atoms with Crippen LogP contribution in [0.15, 0.2) is 35.8 Å². The molecule has 0 amide bonds. The third-order valence-electron chi connectivity index (χ3n) is 6.94. The lowest BCUT2D eigenvalue weighted by Gasteiger charge is -2.34. The second kappa shape index (κ2) is 6.21. The van der Waals surface area contributed by atoms with Gasteiger partial charge < -0.3 is 14.0 Å². The van der Waals surface area contributed by atoms with Crippen LogP contribution < -0.4 is 0 Å². The number of hydrogen-bond acceptors (Lipinski definition) is 4. The van der Waals surface area contributed by atoms with E-state index in [4.69, 9.17) is 14.0 Å². The smallest absolute Gasteiger partial charge is 0.469 e. The van der Waals surface area contributed by atoms with Gasteiger partial charge in [-0.1, -0.05) is 30.3 Å². The first-order valence-electron chi connectivity index (χ1n) is 9.91. The van der Waals surface area contributed by atoms with Gasteiger partial charge in [0.25, 0.3) is 0 Å². The molecule has 1 heterocycles. The first-order chi connectivity index (χ1) is 12.7. The maximum absolute atomic E-state index is 12.4. The summed E-state index contributed by atoms with van der Waals surface area (Å²) in [6.07, 6.45) is 3.70. The second-order valence-electron chi connectivity index (χ2n) is 9.26. The molecule has 1 saturated heterocycles. The third-order valence-corrected chi connectivity index (χ3v) is 6.94. The molecule has 4 nitrogen and oxygen atoms in total. The summed E-state index contributed by atoms with van der Waals surface area (Å²) in [5.74, 6) is -0.249. The van der Waals surface area contributed by atoms with Gasteiger partial charge in [-0.25, -0.2) is 0 Å². The number of ether oxygens (including phenoxy) is 1. The molecule has 0 bridgehead atoms. The zero-order chi connectivity index (χ0) is 19.4. The lowest BCUT2D eigenvalue weighted by Crippen LogP contribution is -2.41. The Kier molecular flexibility index (Phi) is 4.32. The Morgan fingerprint density at radius 2 is 1.67 bits per heavy atom. The largest absolute Gasteiger partial charge is 0.490 e. The molecule has 1 saturated carbocycles. The number of rotatable bonds is 3. The summed E-state index contributed by atoms with van der Waals surface area (Å²) < 4.78 is 17.9. The van der Waals surface area contributed by atoms with Gasteiger partial charge in [-0.2, -0.15) is 0 Å². The second-order valence-corrected chi connectivity index (χ2v) is 9.26. The third kappa shape index (κ3) is 3.05. The van der Waals surface area contributed by atoms with E-state index in [-0.39, 0.29) is 17.3 Å². The minimum atomic E-state index is -0.421. The van der Waals surface area contributed by atoms with Crippen molar-refractivity contribution in [3.8, 4) is 0 Å². The highest BCUT2D eigenvalue weighted by atomic mass is 16.7. The maximum Gasteiger partial charge on any atom is 0.490 e. The van der Waals surface area contributed by atoms with E-state index >= 15 is 0 Å². The number of esters is 1. The molecule has 3 aliphatic rings. The fourth-order valence-corrected chi connectivity index (χ4v) is 4.59. The molecule has 0 radical (unpaired) electrons. The van der Waals surface area contributed by atoms with Gasteiger partial charge in [-0.3, -0.25) is 4.79 Å². The summed E-state index contributed by atoms with van der Waals surface area (Å²) >= 11 is 0. The molecule has 0 aromatic heterocycles. The van der Waals surface area contributed by atoms with Gasteiger partial charge in [0.15, 0.2) is 0 Å². The van der Waals surface area contributed by atoms with Gasteiger partial charge in [0.05, 0.1) is 24.2 Å². The molecule has 144 valence electrons. The van der Waals surface area contributed by atoms with Crippen LogP contribution in [0.5, 0.6) is 0 Å². The molecule has 1 aromatic rings. The number of carbonyl (C=O) groups is 1. The van der Waals surface area contributed by atoms with Crippen molar-refractivity contribution in [3.63, 3.8) is 0 Å². The average molecular weight is 368 g/mol. The Morgan fingerprint density at radius 3 is 2.19 bits per heavy atom. The molecule has 2 aliphatic carbocycles. The van der Waals surface area contributed by atoms with E-state index in [1.165, 1.54) is 18.2 Å². The molecule has 4 rings (SSSR count). The predicted octanol–water partition coefficient (Wildman–Crippen LogP) is 4.43. The van der Waals surface area contributed by atoms with Gasteiger partial charge >= 0.3 is 13.1 Å². The van der Waals surface area contributed by atoms with Crippen LogP contribution in [-0.2, 0) is 18.8 Å². The van der Waals surface area contributed by atoms with Crippen LogP contribution >= 0.6 is 0 Å². The Morgan fingerprint density at radius 1 is 1.07 bits per heavy atom. The zero-order valence-electron chi connectivity index (χ0n) is 17.0. The number of carbonyl (C=O) groups excluding carboxylic acids is 1. The summed E-state index contributed by atoms with van der Waals surface area (Å²) in [7, 11) is 1.06. The van der Waals surface area contributed by atoms with E-state index in [9.17, 15) is 4.79 Å². The zero-order valence-corrected chi connectivity index (χ0v) is 17.0. The Labute approximate surface area is 162 Å². The van der Waals surface area contributed by atoms with Crippen molar-refractivity contribution < 1.29 is 18.8 Å². The van der Waals surface area contributed by atoms with Crippen molar-refractivity contribution in [1.82, 2.24) is 0 Å². The van der Waals surface area contributed by atoms with E-state index in [1.54, 1.807) is 0 Å². The monoisotopic (exact) mass is 368 g/mol. The number of benzene rings is 1. The summed E-state index contributed by atoms with van der Waals surface area (Å²) in [6.45, 7) is 8.29. The van der Waals surface area contributed by atoms with E-state index in [2.05, 4.69) is 52.0 Å². The van der Waals surface area contributed by atoms with Crippen molar-refractivity contribution in [2.75, 3.05) is 7.11 Å². The molecule has 1 atom stereocenters. The SMILES string of the molecule is COC(=O)C1CC(B2OC(C)(C)C(C)(C)O2)=C(c2ccccc2)C2(CC2)C1. The summed E-state index contributed by atoms with van der Waals surface area (Å²) in [5.41, 5.74) is 2.93. The van der Waals surface area contributed by atoms with E-state index < -0.39 is 18.3 Å². The molecule has 2 fully saturated rings. The summed E-state index contributed by atoms with van der Waals surface area (Å²) in [4.78, 5) is 12.4. The fourth-order valence-electron chi connectivity index (χ4n) is 4.59. The van der Waals surface area contributed by atoms with Crippen LogP contribution in [0, 0.1) is 11.3 Å². The Balaban J connectivity index is 1.82. The normalized spacial score (nSPS) is 27.7. The molecule has 27 heavy (non-hydrogen) atoms. The van der Waals surface area contributed by atoms with Gasteiger partial charge in [0, 0.05) is 0 Å². The molecule has 1 spiro atoms. The van der Waals surface area contributed by atoms with Crippen molar-refractivity contribution in [2.24, 2.45) is 11.3 Å². The topological polar surface area (TPSA) is 44.8 Å². The highest BCUT2D eigenvalue weighted by Crippen LogP contribution is 2.64. The minimum absolute atomic E-state index is 0.0530. The first kappa shape index (κ1) is 18.8. The molecule has 0 N–H and O–H groups in total. The molecular formula is C22H29BO4. The minimum Gasteiger partial charge on any atom is -0.469 e. The Hall–Kier alpha value is -1.59. The van der Waals surface area contributed by atoms with Gasteiger partial charge in [-0.05, 0) is 75.4 Å². The molecule has 1 aromatic carbocycles. The van der Waals surface area contributed by atoms with Crippen LogP contribution in [0.2, 0.25) is 0 Å². The van der Waals surface area contributed by atoms with Crippen LogP contribution in [0.4, 0.5) is 0 Å². The van der Waals surface area contributed by atoms with Gasteiger partial charge in [0.2, 0.25) is 0 Å². The van der Waals surface area contributed by atoms with Crippen LogP contribution in [0.3, 0.4) is 0 Å². The van der Waals surface area contributed by atoms with Crippen molar-refractivity contribution in [3.05, 3.63) is 41.4 Å². The van der Waals surface area contributed by atoms with E-state index in [0.717, 1.165) is 24.7 Å². The van der Waals surface area contributed by atoms with Crippen LogP contribution in [0.1, 0.15) is 58.9 Å². The first-order valence-corrected chi connectivity index (χ1v) is 9.91. The lowest BCUT2D eigenvalue weighted by molar-refractivity contribution is -0.146. The van der Waals surface area contributed by atoms with Crippen molar-refractivity contribution in [2.45, 2.75) is 64.6 Å². The quantitative estimate of drug-likeness (QED) is 0.585. The molecule has 5 heteroatoms. The Bertz CT molecular complexity index is 761. The van der Waals surface area contributed by atoms with Gasteiger partial charge in [-0.15, -0.1) is 0 Å². The summed E-state index contributed by atoms with van der Waals surface area (Å²) in [5, 5.41) is 0. The number of methoxy groups -OCH3 is 1. The predicted molar refractivity (Wildman–Crippen MR) is 106 cm³/mol. The van der Waals surface area contributed by atoms with Crippen LogP contribution in [0.25, 0.3) is 5.57 Å². The number of allylic oxidation sites excluding steroid dienone is 2. The standard InChI is InChI=1S/C22H29BO4/c1-20(2)21(3,4)27-23(26-20)17-13-16(19(24)25-5)14-22(11-12-22)18(17)15-9-7-6-8-10-15/h6-10,16H,11-14H2,1-5H3. The van der Waals surface area contributed by atoms with Crippen molar-refractivity contribution >= 4 is 18.7 Å². The van der Waals surface area contributed by atoms with E-state index in [1.807, 2.05) is 6.07 Å². The lowest BCUT2D eigenvalue weighted by atomic mass is 9.61. The maximum atomic E-state index is 12.4. The van der Waals surface area contributed by atoms with Crippen LogP contribution in [-0.4, -0.2) is 31.4 Å². The highest BCUT2D eigenvalue weighted by molar-refractivity contribution is 6.56.